The van der Waals surface area contributed by atoms with Gasteiger partial charge in [0.2, 0.25) is 0 Å². The van der Waals surface area contributed by atoms with Crippen LogP contribution in [0.25, 0.3) is 0 Å². The van der Waals surface area contributed by atoms with E-state index in [9.17, 15) is 8.42 Å². The molecule has 1 aromatic carbocycles. The molecule has 0 heterocycles. The van der Waals surface area contributed by atoms with E-state index < -0.39 is 10.0 Å². The molecule has 120 valence electrons. The first-order valence-electron chi connectivity index (χ1n) is 7.72. The Kier molecular flexibility index (Phi) is 8.19. The molecule has 21 heavy (non-hydrogen) atoms. The van der Waals surface area contributed by atoms with E-state index in [1.54, 1.807) is 12.1 Å². The number of aryl methyl sites for hydroxylation is 1. The van der Waals surface area contributed by atoms with Crippen molar-refractivity contribution < 1.29 is 8.42 Å². The molecule has 3 nitrogen and oxygen atoms in total. The molecule has 5 heteroatoms. The lowest BCUT2D eigenvalue weighted by Crippen LogP contribution is -2.07. The predicted molar refractivity (Wildman–Crippen MR) is 92.3 cm³/mol. The largest absolute Gasteiger partial charge is 0.287 e. The van der Waals surface area contributed by atoms with E-state index in [-0.39, 0.29) is 10.7 Å². The van der Waals surface area contributed by atoms with Crippen LogP contribution in [0.4, 0.5) is 0 Å². The average molecular weight is 330 g/mol. The Bertz CT molecular complexity index is 548. The zero-order valence-corrected chi connectivity index (χ0v) is 15.0. The molecule has 0 bridgehead atoms. The Morgan fingerprint density at radius 1 is 0.952 bits per heavy atom. The zero-order valence-electron chi connectivity index (χ0n) is 13.3. The number of hydrogen-bond acceptors (Lipinski definition) is 2. The van der Waals surface area contributed by atoms with Crippen LogP contribution in [-0.4, -0.2) is 19.9 Å². The molecule has 0 radical (unpaired) electrons. The van der Waals surface area contributed by atoms with Gasteiger partial charge in [0.25, 0.3) is 10.0 Å². The van der Waals surface area contributed by atoms with Crippen molar-refractivity contribution in [1.82, 2.24) is 0 Å². The Labute approximate surface area is 132 Å². The van der Waals surface area contributed by atoms with Crippen LogP contribution in [0.5, 0.6) is 0 Å². The van der Waals surface area contributed by atoms with E-state index in [2.05, 4.69) is 17.6 Å². The summed E-state index contributed by atoms with van der Waals surface area (Å²) in [6, 6.07) is 6.95. The minimum Gasteiger partial charge on any atom is -0.199 e. The molecule has 0 amide bonds. The van der Waals surface area contributed by atoms with E-state index in [1.165, 1.54) is 19.3 Å². The van der Waals surface area contributed by atoms with Crippen LogP contribution in [0.15, 0.2) is 32.9 Å². The van der Waals surface area contributed by atoms with Gasteiger partial charge in [-0.3, -0.25) is 0 Å². The second-order valence-corrected chi connectivity index (χ2v) is 9.05. The Morgan fingerprint density at radius 3 is 2.19 bits per heavy atom. The van der Waals surface area contributed by atoms with E-state index in [4.69, 9.17) is 0 Å². The third-order valence-corrected chi connectivity index (χ3v) is 7.33. The number of unbranched alkanes of at least 4 members (excludes halogenated alkanes) is 3. The van der Waals surface area contributed by atoms with Gasteiger partial charge < -0.3 is 0 Å². The van der Waals surface area contributed by atoms with Gasteiger partial charge in [-0.15, -0.1) is 3.77 Å². The van der Waals surface area contributed by atoms with Gasteiger partial charge in [0.1, 0.15) is 0 Å². The Hall–Kier alpha value is -0.680. The van der Waals surface area contributed by atoms with E-state index in [0.29, 0.717) is 4.90 Å². The molecule has 1 aromatic rings. The molecule has 1 atom stereocenters. The molecule has 0 aliphatic carbocycles. The maximum atomic E-state index is 12.4. The molecule has 0 unspecified atom stereocenters. The molecule has 0 fully saturated rings. The summed E-state index contributed by atoms with van der Waals surface area (Å²) in [6.07, 6.45) is 5.63. The maximum Gasteiger partial charge on any atom is 0.287 e. The van der Waals surface area contributed by atoms with Gasteiger partial charge in [0.15, 0.2) is 0 Å². The lowest BCUT2D eigenvalue weighted by atomic mass is 10.2. The predicted octanol–water partition coefficient (Wildman–Crippen LogP) is 4.48. The first-order chi connectivity index (χ1) is 9.99. The van der Waals surface area contributed by atoms with Crippen LogP contribution >= 0.6 is 0 Å². The summed E-state index contributed by atoms with van der Waals surface area (Å²) < 4.78 is 28.9. The molecule has 0 saturated heterocycles. The first-order valence-corrected chi connectivity index (χ1v) is 10.7. The number of rotatable bonds is 9. The third kappa shape index (κ3) is 6.74. The second kappa shape index (κ2) is 9.36. The molecule has 0 aromatic heterocycles. The van der Waals surface area contributed by atoms with E-state index >= 15 is 0 Å². The lowest BCUT2D eigenvalue weighted by molar-refractivity contribution is 0.598. The Balaban J connectivity index is 2.84. The molecular formula is C16H27NO2S2. The second-order valence-electron chi connectivity index (χ2n) is 5.29. The first kappa shape index (κ1) is 18.4. The molecule has 0 aliphatic heterocycles. The van der Waals surface area contributed by atoms with Crippen molar-refractivity contribution in [2.24, 2.45) is 3.77 Å². The van der Waals surface area contributed by atoms with Gasteiger partial charge in [0.05, 0.1) is 4.90 Å². The topological polar surface area (TPSA) is 46.5 Å². The number of hydrogen-bond donors (Lipinski definition) is 0. The van der Waals surface area contributed by atoms with Gasteiger partial charge in [-0.25, -0.2) is 0 Å². The van der Waals surface area contributed by atoms with Gasteiger partial charge >= 0.3 is 0 Å². The minimum absolute atomic E-state index is 0.315. The fourth-order valence-corrected chi connectivity index (χ4v) is 5.74. The van der Waals surface area contributed by atoms with Crippen LogP contribution in [0.2, 0.25) is 0 Å². The lowest BCUT2D eigenvalue weighted by Gasteiger charge is -2.07. The van der Waals surface area contributed by atoms with E-state index in [1.807, 2.05) is 19.1 Å². The highest BCUT2D eigenvalue weighted by Gasteiger charge is 2.13. The summed E-state index contributed by atoms with van der Waals surface area (Å²) in [5.74, 6) is 1.77. The third-order valence-electron chi connectivity index (χ3n) is 3.20. The van der Waals surface area contributed by atoms with Crippen molar-refractivity contribution in [3.05, 3.63) is 29.8 Å². The minimum atomic E-state index is -3.50. The zero-order chi connectivity index (χ0) is 15.7. The fourth-order valence-electron chi connectivity index (χ4n) is 2.00. The molecule has 0 N–H and O–H groups in total. The number of sulfonamides is 1. The van der Waals surface area contributed by atoms with Crippen molar-refractivity contribution in [1.29, 1.82) is 0 Å². The molecule has 1 rings (SSSR count). The standard InChI is InChI=1S/C16H27NO2S2/c1-4-6-7-8-14-20(13-5-2)17-21(18,19)16-11-9-15(3)10-12-16/h9-12H,4-8,13-14H2,1-3H3/t20-/m1/s1. The summed E-state index contributed by atoms with van der Waals surface area (Å²) in [7, 11) is -3.87. The summed E-state index contributed by atoms with van der Waals surface area (Å²) in [6.45, 7) is 6.21. The quantitative estimate of drug-likeness (QED) is 0.627. The summed E-state index contributed by atoms with van der Waals surface area (Å²) in [5.41, 5.74) is 1.06. The van der Waals surface area contributed by atoms with Crippen LogP contribution in [0.3, 0.4) is 0 Å². The van der Waals surface area contributed by atoms with Crippen molar-refractivity contribution in [2.75, 3.05) is 11.5 Å². The van der Waals surface area contributed by atoms with Gasteiger partial charge in [0, 0.05) is 11.5 Å². The Morgan fingerprint density at radius 2 is 1.62 bits per heavy atom. The van der Waals surface area contributed by atoms with Crippen LogP contribution in [0, 0.1) is 6.92 Å². The summed E-state index contributed by atoms with van der Waals surface area (Å²) >= 11 is 0. The molecule has 0 saturated carbocycles. The van der Waals surface area contributed by atoms with Crippen molar-refractivity contribution in [3.8, 4) is 0 Å². The van der Waals surface area contributed by atoms with Gasteiger partial charge in [-0.2, -0.15) is 8.42 Å². The van der Waals surface area contributed by atoms with Gasteiger partial charge in [-0.1, -0.05) is 61.5 Å². The fraction of sp³-hybridized carbons (Fsp3) is 0.625. The summed E-state index contributed by atoms with van der Waals surface area (Å²) in [5, 5.41) is 0. The van der Waals surface area contributed by atoms with Gasteiger partial charge in [-0.05, 0) is 31.9 Å². The molecule has 0 spiro atoms. The highest BCUT2D eigenvalue weighted by atomic mass is 32.3. The normalized spacial score (nSPS) is 13.5. The number of benzene rings is 1. The highest BCUT2D eigenvalue weighted by molar-refractivity contribution is 8.00. The van der Waals surface area contributed by atoms with Crippen LogP contribution < -0.4 is 0 Å². The highest BCUT2D eigenvalue weighted by Crippen LogP contribution is 2.15. The average Bonchev–Trinajstić information content (AvgIpc) is 2.44. The molecule has 0 aliphatic rings. The van der Waals surface area contributed by atoms with Crippen molar-refractivity contribution in [3.63, 3.8) is 0 Å². The number of nitrogens with zero attached hydrogens (tertiary/aromatic N) is 1. The molecular weight excluding hydrogens is 302 g/mol. The van der Waals surface area contributed by atoms with E-state index in [0.717, 1.165) is 29.9 Å². The summed E-state index contributed by atoms with van der Waals surface area (Å²) in [4.78, 5) is 0.315. The van der Waals surface area contributed by atoms with Crippen LogP contribution in [0.1, 0.15) is 51.5 Å². The van der Waals surface area contributed by atoms with Crippen molar-refractivity contribution in [2.45, 2.75) is 57.8 Å². The van der Waals surface area contributed by atoms with Crippen molar-refractivity contribution >= 4 is 20.7 Å². The SMILES string of the molecule is CCCCCC[S@@](CCC)=NS(=O)(=O)c1ccc(C)cc1. The smallest absolute Gasteiger partial charge is 0.199 e. The monoisotopic (exact) mass is 329 g/mol. The maximum absolute atomic E-state index is 12.4. The van der Waals surface area contributed by atoms with Crippen LogP contribution in [-0.2, 0) is 20.7 Å².